The molecule has 0 radical (unpaired) electrons. The summed E-state index contributed by atoms with van der Waals surface area (Å²) in [6.07, 6.45) is 3.58. The molecule has 1 fully saturated rings. The molecule has 122 valence electrons. The first-order valence-electron chi connectivity index (χ1n) is 8.66. The molecule has 0 aromatic heterocycles. The Morgan fingerprint density at radius 3 is 2.50 bits per heavy atom. The summed E-state index contributed by atoms with van der Waals surface area (Å²) in [5.74, 6) is 1.56. The lowest BCUT2D eigenvalue weighted by atomic mass is 10.0. The topological polar surface area (TPSA) is 32.3 Å². The normalized spacial score (nSPS) is 14.6. The van der Waals surface area contributed by atoms with E-state index in [0.29, 0.717) is 12.5 Å². The van der Waals surface area contributed by atoms with Gasteiger partial charge in [0.15, 0.2) is 0 Å². The van der Waals surface area contributed by atoms with Crippen LogP contribution in [0, 0.1) is 5.92 Å². The van der Waals surface area contributed by atoms with Crippen LogP contribution in [0.2, 0.25) is 0 Å². The van der Waals surface area contributed by atoms with Gasteiger partial charge in [0, 0.05) is 13.1 Å². The van der Waals surface area contributed by atoms with Crippen molar-refractivity contribution in [2.75, 3.05) is 26.2 Å². The summed E-state index contributed by atoms with van der Waals surface area (Å²) < 4.78 is 0. The van der Waals surface area contributed by atoms with Crippen LogP contribution in [-0.4, -0.2) is 37.0 Å². The van der Waals surface area contributed by atoms with Gasteiger partial charge in [0.05, 0.1) is 6.54 Å². The van der Waals surface area contributed by atoms with Crippen molar-refractivity contribution in [2.45, 2.75) is 46.0 Å². The van der Waals surface area contributed by atoms with Crippen LogP contribution in [0.25, 0.3) is 0 Å². The maximum absolute atomic E-state index is 12.0. The van der Waals surface area contributed by atoms with Crippen LogP contribution in [-0.2, 0) is 11.2 Å². The predicted molar refractivity (Wildman–Crippen MR) is 92.1 cm³/mol. The summed E-state index contributed by atoms with van der Waals surface area (Å²) in [6, 6.07) is 8.73. The fourth-order valence-electron chi connectivity index (χ4n) is 2.65. The van der Waals surface area contributed by atoms with Crippen molar-refractivity contribution in [1.29, 1.82) is 0 Å². The Morgan fingerprint density at radius 1 is 1.27 bits per heavy atom. The van der Waals surface area contributed by atoms with E-state index < -0.39 is 0 Å². The van der Waals surface area contributed by atoms with Gasteiger partial charge in [-0.2, -0.15) is 0 Å². The molecule has 1 aromatic carbocycles. The van der Waals surface area contributed by atoms with Crippen molar-refractivity contribution < 1.29 is 4.79 Å². The number of likely N-dealkylation sites (N-methyl/N-ethyl adjacent to an activating group) is 1. The lowest BCUT2D eigenvalue weighted by Crippen LogP contribution is -2.38. The molecular formula is C19H30N2O. The number of hydrogen-bond donors (Lipinski definition) is 1. The van der Waals surface area contributed by atoms with Gasteiger partial charge in [0.25, 0.3) is 0 Å². The highest BCUT2D eigenvalue weighted by atomic mass is 16.2. The first kappa shape index (κ1) is 17.0. The number of benzene rings is 1. The first-order chi connectivity index (χ1) is 10.6. The maximum atomic E-state index is 12.0. The van der Waals surface area contributed by atoms with Gasteiger partial charge in [-0.1, -0.05) is 45.0 Å². The number of nitrogens with zero attached hydrogens (tertiary/aromatic N) is 1. The van der Waals surface area contributed by atoms with E-state index in [2.05, 4.69) is 55.3 Å². The second-order valence-corrected chi connectivity index (χ2v) is 6.77. The largest absolute Gasteiger partial charge is 0.355 e. The zero-order valence-corrected chi connectivity index (χ0v) is 14.3. The van der Waals surface area contributed by atoms with E-state index in [1.54, 1.807) is 0 Å². The third-order valence-corrected chi connectivity index (χ3v) is 4.41. The summed E-state index contributed by atoms with van der Waals surface area (Å²) >= 11 is 0. The van der Waals surface area contributed by atoms with Crippen molar-refractivity contribution in [1.82, 2.24) is 10.2 Å². The minimum absolute atomic E-state index is 0.154. The number of rotatable bonds is 9. The van der Waals surface area contributed by atoms with Gasteiger partial charge in [-0.15, -0.1) is 0 Å². The lowest BCUT2D eigenvalue weighted by Gasteiger charge is -2.19. The molecule has 1 saturated carbocycles. The van der Waals surface area contributed by atoms with Crippen LogP contribution < -0.4 is 5.32 Å². The van der Waals surface area contributed by atoms with E-state index >= 15 is 0 Å². The minimum Gasteiger partial charge on any atom is -0.355 e. The smallest absolute Gasteiger partial charge is 0.234 e. The molecule has 0 atom stereocenters. The molecule has 1 amide bonds. The molecule has 2 rings (SSSR count). The van der Waals surface area contributed by atoms with Gasteiger partial charge in [0.1, 0.15) is 0 Å². The average Bonchev–Trinajstić information content (AvgIpc) is 3.31. The van der Waals surface area contributed by atoms with Crippen LogP contribution in [0.1, 0.15) is 50.7 Å². The Kier molecular flexibility index (Phi) is 6.44. The van der Waals surface area contributed by atoms with E-state index in [9.17, 15) is 4.79 Å². The van der Waals surface area contributed by atoms with Crippen molar-refractivity contribution in [2.24, 2.45) is 5.92 Å². The zero-order chi connectivity index (χ0) is 15.9. The molecule has 0 bridgehead atoms. The number of carbonyl (C=O) groups is 1. The monoisotopic (exact) mass is 302 g/mol. The van der Waals surface area contributed by atoms with E-state index in [1.807, 2.05) is 0 Å². The quantitative estimate of drug-likeness (QED) is 0.760. The molecule has 0 saturated heterocycles. The number of amides is 1. The van der Waals surface area contributed by atoms with E-state index in [-0.39, 0.29) is 5.91 Å². The molecule has 0 heterocycles. The van der Waals surface area contributed by atoms with Crippen molar-refractivity contribution in [3.05, 3.63) is 35.4 Å². The van der Waals surface area contributed by atoms with E-state index in [4.69, 9.17) is 0 Å². The number of hydrogen-bond acceptors (Lipinski definition) is 2. The second-order valence-electron chi connectivity index (χ2n) is 6.77. The Balaban J connectivity index is 1.67. The molecule has 0 unspecified atom stereocenters. The summed E-state index contributed by atoms with van der Waals surface area (Å²) in [5.41, 5.74) is 2.65. The maximum Gasteiger partial charge on any atom is 0.234 e. The highest BCUT2D eigenvalue weighted by molar-refractivity contribution is 5.78. The van der Waals surface area contributed by atoms with Crippen LogP contribution in [0.4, 0.5) is 0 Å². The van der Waals surface area contributed by atoms with Crippen molar-refractivity contribution in [3.8, 4) is 0 Å². The summed E-state index contributed by atoms with van der Waals surface area (Å²) in [7, 11) is 0. The fourth-order valence-corrected chi connectivity index (χ4v) is 2.65. The number of nitrogens with one attached hydrogen (secondary N) is 1. The molecular weight excluding hydrogens is 272 g/mol. The van der Waals surface area contributed by atoms with Gasteiger partial charge >= 0.3 is 0 Å². The summed E-state index contributed by atoms with van der Waals surface area (Å²) in [5, 5.41) is 3.05. The van der Waals surface area contributed by atoms with Gasteiger partial charge in [-0.3, -0.25) is 9.69 Å². The molecule has 1 aliphatic rings. The van der Waals surface area contributed by atoms with Gasteiger partial charge in [-0.25, -0.2) is 0 Å². The van der Waals surface area contributed by atoms with Crippen LogP contribution in [0.5, 0.6) is 0 Å². The molecule has 0 aliphatic heterocycles. The van der Waals surface area contributed by atoms with Gasteiger partial charge < -0.3 is 5.32 Å². The highest BCUT2D eigenvalue weighted by Gasteiger charge is 2.24. The van der Waals surface area contributed by atoms with E-state index in [1.165, 1.54) is 24.0 Å². The molecule has 0 spiro atoms. The Labute approximate surface area is 135 Å². The second kappa shape index (κ2) is 8.33. The Bertz CT molecular complexity index is 463. The Morgan fingerprint density at radius 2 is 1.95 bits per heavy atom. The predicted octanol–water partition coefficient (Wildman–Crippen LogP) is 3.20. The SMILES string of the molecule is CCN(CC(=O)NCCc1ccc(C(C)C)cc1)CC1CC1. The molecule has 3 heteroatoms. The molecule has 1 aromatic rings. The van der Waals surface area contributed by atoms with Crippen LogP contribution >= 0.6 is 0 Å². The van der Waals surface area contributed by atoms with Crippen molar-refractivity contribution >= 4 is 5.91 Å². The Hall–Kier alpha value is -1.35. The highest BCUT2D eigenvalue weighted by Crippen LogP contribution is 2.29. The van der Waals surface area contributed by atoms with Crippen molar-refractivity contribution in [3.63, 3.8) is 0 Å². The lowest BCUT2D eigenvalue weighted by molar-refractivity contribution is -0.122. The number of carbonyl (C=O) groups excluding carboxylic acids is 1. The molecule has 1 aliphatic carbocycles. The van der Waals surface area contributed by atoms with E-state index in [0.717, 1.165) is 32.0 Å². The zero-order valence-electron chi connectivity index (χ0n) is 14.3. The van der Waals surface area contributed by atoms with Gasteiger partial charge in [-0.05, 0) is 48.8 Å². The van der Waals surface area contributed by atoms with Crippen LogP contribution in [0.15, 0.2) is 24.3 Å². The third kappa shape index (κ3) is 5.80. The molecule has 22 heavy (non-hydrogen) atoms. The van der Waals surface area contributed by atoms with Crippen LogP contribution in [0.3, 0.4) is 0 Å². The summed E-state index contributed by atoms with van der Waals surface area (Å²) in [6.45, 7) is 9.85. The average molecular weight is 302 g/mol. The third-order valence-electron chi connectivity index (χ3n) is 4.41. The molecule has 3 nitrogen and oxygen atoms in total. The molecule has 1 N–H and O–H groups in total. The fraction of sp³-hybridized carbons (Fsp3) is 0.632. The first-order valence-corrected chi connectivity index (χ1v) is 8.66. The minimum atomic E-state index is 0.154. The van der Waals surface area contributed by atoms with Gasteiger partial charge in [0.2, 0.25) is 5.91 Å². The summed E-state index contributed by atoms with van der Waals surface area (Å²) in [4.78, 5) is 14.2. The standard InChI is InChI=1S/C19H30N2O/c1-4-21(13-17-5-6-17)14-19(22)20-12-11-16-7-9-18(10-8-16)15(2)3/h7-10,15,17H,4-6,11-14H2,1-3H3,(H,20,22).